The zero-order chi connectivity index (χ0) is 11.4. The molecule has 0 radical (unpaired) electrons. The second-order valence-electron chi connectivity index (χ2n) is 3.64. The number of amides is 1. The van der Waals surface area contributed by atoms with E-state index in [1.807, 2.05) is 37.5 Å². The lowest BCUT2D eigenvalue weighted by atomic mass is 10.1. The molecule has 16 heavy (non-hydrogen) atoms. The topological polar surface area (TPSA) is 56.9 Å². The Morgan fingerprint density at radius 1 is 1.31 bits per heavy atom. The largest absolute Gasteiger partial charge is 0.361 e. The molecule has 1 aromatic heterocycles. The quantitative estimate of drug-likeness (QED) is 0.672. The molecule has 3 N–H and O–H groups in total. The first-order valence-electron chi connectivity index (χ1n) is 5.31. The molecule has 0 bridgehead atoms. The first-order valence-corrected chi connectivity index (χ1v) is 5.31. The molecule has 0 saturated carbocycles. The molecule has 2 rings (SSSR count). The van der Waals surface area contributed by atoms with Crippen LogP contribution in [-0.4, -0.2) is 31.0 Å². The highest BCUT2D eigenvalue weighted by Gasteiger charge is 2.05. The van der Waals surface area contributed by atoms with Crippen LogP contribution in [0.3, 0.4) is 0 Å². The molecule has 0 aliphatic heterocycles. The van der Waals surface area contributed by atoms with Crippen molar-refractivity contribution in [3.05, 3.63) is 36.0 Å². The van der Waals surface area contributed by atoms with E-state index >= 15 is 0 Å². The number of carbonyl (C=O) groups is 1. The Kier molecular flexibility index (Phi) is 3.22. The van der Waals surface area contributed by atoms with Gasteiger partial charge in [0.2, 0.25) is 0 Å². The van der Waals surface area contributed by atoms with Crippen molar-refractivity contribution in [1.29, 1.82) is 0 Å². The number of hydrogen-bond acceptors (Lipinski definition) is 2. The van der Waals surface area contributed by atoms with Gasteiger partial charge in [0.15, 0.2) is 0 Å². The van der Waals surface area contributed by atoms with E-state index in [0.717, 1.165) is 17.4 Å². The summed E-state index contributed by atoms with van der Waals surface area (Å²) < 4.78 is 0. The van der Waals surface area contributed by atoms with Gasteiger partial charge in [-0.2, -0.15) is 0 Å². The van der Waals surface area contributed by atoms with Crippen LogP contribution in [0.2, 0.25) is 0 Å². The van der Waals surface area contributed by atoms with Gasteiger partial charge in [0.1, 0.15) is 0 Å². The monoisotopic (exact) mass is 217 g/mol. The fourth-order valence-corrected chi connectivity index (χ4v) is 1.60. The lowest BCUT2D eigenvalue weighted by Gasteiger charge is -2.04. The van der Waals surface area contributed by atoms with Crippen molar-refractivity contribution in [3.63, 3.8) is 0 Å². The van der Waals surface area contributed by atoms with Crippen LogP contribution in [0.15, 0.2) is 30.5 Å². The Bertz CT molecular complexity index is 490. The van der Waals surface area contributed by atoms with Crippen LogP contribution in [0.25, 0.3) is 10.9 Å². The van der Waals surface area contributed by atoms with E-state index in [2.05, 4.69) is 15.6 Å². The van der Waals surface area contributed by atoms with E-state index in [0.29, 0.717) is 12.1 Å². The normalized spacial score (nSPS) is 10.6. The maximum atomic E-state index is 11.7. The number of aromatic amines is 1. The first-order chi connectivity index (χ1) is 7.81. The van der Waals surface area contributed by atoms with E-state index in [-0.39, 0.29) is 5.91 Å². The van der Waals surface area contributed by atoms with Crippen LogP contribution in [0.5, 0.6) is 0 Å². The third kappa shape index (κ3) is 2.23. The highest BCUT2D eigenvalue weighted by molar-refractivity contribution is 5.98. The van der Waals surface area contributed by atoms with Crippen molar-refractivity contribution >= 4 is 16.8 Å². The van der Waals surface area contributed by atoms with Gasteiger partial charge >= 0.3 is 0 Å². The Labute approximate surface area is 94.0 Å². The Hall–Kier alpha value is -1.81. The van der Waals surface area contributed by atoms with Crippen LogP contribution in [0, 0.1) is 0 Å². The van der Waals surface area contributed by atoms with E-state index in [1.54, 1.807) is 0 Å². The van der Waals surface area contributed by atoms with Crippen molar-refractivity contribution in [3.8, 4) is 0 Å². The van der Waals surface area contributed by atoms with E-state index in [4.69, 9.17) is 0 Å². The van der Waals surface area contributed by atoms with Gasteiger partial charge < -0.3 is 15.6 Å². The Balaban J connectivity index is 2.10. The van der Waals surface area contributed by atoms with Gasteiger partial charge in [-0.05, 0) is 31.3 Å². The molecular weight excluding hydrogens is 202 g/mol. The van der Waals surface area contributed by atoms with Crippen LogP contribution in [-0.2, 0) is 0 Å². The second-order valence-corrected chi connectivity index (χ2v) is 3.64. The summed E-state index contributed by atoms with van der Waals surface area (Å²) in [4.78, 5) is 14.8. The van der Waals surface area contributed by atoms with Crippen LogP contribution >= 0.6 is 0 Å². The van der Waals surface area contributed by atoms with Gasteiger partial charge in [-0.3, -0.25) is 4.79 Å². The number of likely N-dealkylation sites (N-methyl/N-ethyl adjacent to an activating group) is 1. The minimum atomic E-state index is -0.0293. The zero-order valence-corrected chi connectivity index (χ0v) is 9.21. The van der Waals surface area contributed by atoms with Crippen LogP contribution in [0.4, 0.5) is 0 Å². The number of rotatable bonds is 4. The number of fused-ring (bicyclic) bond motifs is 1. The van der Waals surface area contributed by atoms with Crippen molar-refractivity contribution in [2.45, 2.75) is 0 Å². The summed E-state index contributed by atoms with van der Waals surface area (Å²) >= 11 is 0. The van der Waals surface area contributed by atoms with Gasteiger partial charge in [-0.1, -0.05) is 0 Å². The van der Waals surface area contributed by atoms with Gasteiger partial charge in [-0.25, -0.2) is 0 Å². The minimum absolute atomic E-state index is 0.0293. The van der Waals surface area contributed by atoms with E-state index in [9.17, 15) is 4.79 Å². The zero-order valence-electron chi connectivity index (χ0n) is 9.21. The molecular formula is C12H15N3O. The number of hydrogen-bond donors (Lipinski definition) is 3. The molecule has 0 saturated heterocycles. The highest BCUT2D eigenvalue weighted by Crippen LogP contribution is 2.13. The predicted octanol–water partition coefficient (Wildman–Crippen LogP) is 1.12. The summed E-state index contributed by atoms with van der Waals surface area (Å²) in [6, 6.07) is 7.59. The predicted molar refractivity (Wildman–Crippen MR) is 64.6 cm³/mol. The lowest BCUT2D eigenvalue weighted by molar-refractivity contribution is 0.0954. The molecule has 0 unspecified atom stereocenters. The lowest BCUT2D eigenvalue weighted by Crippen LogP contribution is -2.30. The Morgan fingerprint density at radius 2 is 2.19 bits per heavy atom. The number of carbonyl (C=O) groups excluding carboxylic acids is 1. The van der Waals surface area contributed by atoms with E-state index < -0.39 is 0 Å². The molecule has 84 valence electrons. The molecule has 4 heteroatoms. The number of nitrogens with one attached hydrogen (secondary N) is 3. The van der Waals surface area contributed by atoms with Gasteiger partial charge in [0, 0.05) is 35.8 Å². The van der Waals surface area contributed by atoms with Crippen LogP contribution in [0.1, 0.15) is 10.4 Å². The number of aromatic nitrogens is 1. The van der Waals surface area contributed by atoms with Crippen molar-refractivity contribution in [2.24, 2.45) is 0 Å². The average molecular weight is 217 g/mol. The fourth-order valence-electron chi connectivity index (χ4n) is 1.60. The summed E-state index contributed by atoms with van der Waals surface area (Å²) in [5.41, 5.74) is 1.75. The maximum Gasteiger partial charge on any atom is 0.251 e. The van der Waals surface area contributed by atoms with E-state index in [1.165, 1.54) is 0 Å². The molecule has 2 aromatic rings. The van der Waals surface area contributed by atoms with Gasteiger partial charge in [0.25, 0.3) is 5.91 Å². The summed E-state index contributed by atoms with van der Waals surface area (Å²) in [5.74, 6) is -0.0293. The van der Waals surface area contributed by atoms with Crippen molar-refractivity contribution < 1.29 is 4.79 Å². The molecule has 1 amide bonds. The third-order valence-corrected chi connectivity index (χ3v) is 2.48. The molecule has 1 aromatic carbocycles. The molecule has 1 heterocycles. The van der Waals surface area contributed by atoms with Crippen molar-refractivity contribution in [2.75, 3.05) is 20.1 Å². The first kappa shape index (κ1) is 10.7. The summed E-state index contributed by atoms with van der Waals surface area (Å²) in [7, 11) is 1.86. The average Bonchev–Trinajstić information content (AvgIpc) is 2.76. The smallest absolute Gasteiger partial charge is 0.251 e. The standard InChI is InChI=1S/C12H15N3O/c1-13-6-7-15-12(16)10-2-3-11-9(8-10)4-5-14-11/h2-5,8,13-14H,6-7H2,1H3,(H,15,16). The number of H-pyrrole nitrogens is 1. The molecule has 0 aliphatic carbocycles. The third-order valence-electron chi connectivity index (χ3n) is 2.48. The maximum absolute atomic E-state index is 11.7. The fraction of sp³-hybridized carbons (Fsp3) is 0.250. The van der Waals surface area contributed by atoms with Gasteiger partial charge in [0.05, 0.1) is 0 Å². The summed E-state index contributed by atoms with van der Waals surface area (Å²) in [6.07, 6.45) is 1.87. The minimum Gasteiger partial charge on any atom is -0.361 e. The van der Waals surface area contributed by atoms with Crippen LogP contribution < -0.4 is 10.6 Å². The summed E-state index contributed by atoms with van der Waals surface area (Å²) in [5, 5.41) is 6.88. The molecule has 0 fully saturated rings. The SMILES string of the molecule is CNCCNC(=O)c1ccc2[nH]ccc2c1. The van der Waals surface area contributed by atoms with Gasteiger partial charge in [-0.15, -0.1) is 0 Å². The molecule has 0 spiro atoms. The molecule has 4 nitrogen and oxygen atoms in total. The molecule has 0 atom stereocenters. The number of benzene rings is 1. The summed E-state index contributed by atoms with van der Waals surface area (Å²) in [6.45, 7) is 1.42. The highest BCUT2D eigenvalue weighted by atomic mass is 16.1. The van der Waals surface area contributed by atoms with Crippen molar-refractivity contribution in [1.82, 2.24) is 15.6 Å². The molecule has 0 aliphatic rings. The Morgan fingerprint density at radius 3 is 3.00 bits per heavy atom. The second kappa shape index (κ2) is 4.81.